The molecule has 2 aromatic rings. The van der Waals surface area contributed by atoms with Crippen LogP contribution < -0.4 is 11.1 Å². The average molecular weight is 391 g/mol. The van der Waals surface area contributed by atoms with Crippen molar-refractivity contribution in [2.45, 2.75) is 39.2 Å². The summed E-state index contributed by atoms with van der Waals surface area (Å²) in [5, 5.41) is 3.40. The molecule has 5 heteroatoms. The number of primary amides is 1. The third kappa shape index (κ3) is 5.39. The summed E-state index contributed by atoms with van der Waals surface area (Å²) < 4.78 is 0. The zero-order chi connectivity index (χ0) is 20.7. The predicted molar refractivity (Wildman–Crippen MR) is 118 cm³/mol. The van der Waals surface area contributed by atoms with Crippen molar-refractivity contribution in [2.24, 2.45) is 16.1 Å². The molecule has 0 aliphatic carbocycles. The third-order valence-electron chi connectivity index (χ3n) is 5.90. The fourth-order valence-corrected chi connectivity index (χ4v) is 3.90. The molecule has 0 saturated heterocycles. The number of rotatable bonds is 9. The number of carbonyl (C=O) groups excluding carboxylic acids is 1. The van der Waals surface area contributed by atoms with Crippen LogP contribution in [0, 0.1) is 19.3 Å². The van der Waals surface area contributed by atoms with Gasteiger partial charge in [0.05, 0.1) is 0 Å². The van der Waals surface area contributed by atoms with E-state index in [4.69, 9.17) is 5.73 Å². The Bertz CT molecular complexity index is 891. The molecule has 0 saturated carbocycles. The molecule has 2 heterocycles. The number of allylic oxidation sites excluding steroid dienone is 1. The summed E-state index contributed by atoms with van der Waals surface area (Å²) in [5.41, 5.74) is 10.2. The number of aryl methyl sites for hydroxylation is 2. The van der Waals surface area contributed by atoms with Crippen LogP contribution in [0.25, 0.3) is 0 Å². The van der Waals surface area contributed by atoms with Gasteiger partial charge in [0, 0.05) is 30.6 Å². The van der Waals surface area contributed by atoms with Gasteiger partial charge in [0.15, 0.2) is 0 Å². The molecule has 2 unspecified atom stereocenters. The number of carbonyl (C=O) groups is 1. The molecule has 0 bridgehead atoms. The molecule has 0 spiro atoms. The van der Waals surface area contributed by atoms with Gasteiger partial charge in [0.2, 0.25) is 5.91 Å². The van der Waals surface area contributed by atoms with Crippen molar-refractivity contribution in [1.82, 2.24) is 10.3 Å². The van der Waals surface area contributed by atoms with Gasteiger partial charge in [-0.05, 0) is 74.1 Å². The molecule has 1 aliphatic heterocycles. The van der Waals surface area contributed by atoms with E-state index in [1.807, 2.05) is 43.6 Å². The Hall–Kier alpha value is -2.79. The highest BCUT2D eigenvalue weighted by Crippen LogP contribution is 2.32. The van der Waals surface area contributed by atoms with E-state index in [9.17, 15) is 4.79 Å². The molecular formula is C24H30N4O. The lowest BCUT2D eigenvalue weighted by atomic mass is 9.78. The molecule has 1 aromatic carbocycles. The number of dihydropyridines is 1. The largest absolute Gasteiger partial charge is 0.368 e. The van der Waals surface area contributed by atoms with Crippen LogP contribution in [0.2, 0.25) is 0 Å². The van der Waals surface area contributed by atoms with E-state index in [2.05, 4.69) is 40.4 Å². The van der Waals surface area contributed by atoms with Crippen LogP contribution in [0.4, 0.5) is 0 Å². The van der Waals surface area contributed by atoms with E-state index >= 15 is 0 Å². The van der Waals surface area contributed by atoms with Crippen molar-refractivity contribution in [3.63, 3.8) is 0 Å². The standard InChI is InChI=1S/C24H30N4O/c1-18-6-3-8-21(19(18)2)22(23(25)29)28-15-12-24(10-5-14-27-17-24)11-9-20-7-4-13-26-16-20/h3-8,10,13-14,16,22,28H,9,11-12,15,17H2,1-2H3,(H2,25,29). The first kappa shape index (κ1) is 20.9. The van der Waals surface area contributed by atoms with Crippen molar-refractivity contribution in [2.75, 3.05) is 13.1 Å². The van der Waals surface area contributed by atoms with E-state index in [1.54, 1.807) is 6.20 Å². The fraction of sp³-hybridized carbons (Fsp3) is 0.375. The van der Waals surface area contributed by atoms with E-state index in [-0.39, 0.29) is 11.3 Å². The van der Waals surface area contributed by atoms with Crippen LogP contribution >= 0.6 is 0 Å². The maximum atomic E-state index is 12.2. The van der Waals surface area contributed by atoms with E-state index in [0.29, 0.717) is 6.54 Å². The Morgan fingerprint density at radius 1 is 1.24 bits per heavy atom. The molecule has 0 fully saturated rings. The quantitative estimate of drug-likeness (QED) is 0.688. The first-order valence-corrected chi connectivity index (χ1v) is 10.2. The van der Waals surface area contributed by atoms with Crippen LogP contribution in [0.15, 0.2) is 59.9 Å². The first-order chi connectivity index (χ1) is 14.0. The number of pyridine rings is 1. The molecule has 1 amide bonds. The monoisotopic (exact) mass is 390 g/mol. The topological polar surface area (TPSA) is 80.4 Å². The molecule has 1 aliphatic rings. The van der Waals surface area contributed by atoms with Crippen LogP contribution in [0.1, 0.15) is 41.1 Å². The highest BCUT2D eigenvalue weighted by molar-refractivity contribution is 5.82. The number of nitrogens with two attached hydrogens (primary N) is 1. The van der Waals surface area contributed by atoms with Crippen LogP contribution in [-0.2, 0) is 11.2 Å². The Morgan fingerprint density at radius 2 is 2.10 bits per heavy atom. The van der Waals surface area contributed by atoms with Crippen LogP contribution in [0.5, 0.6) is 0 Å². The first-order valence-electron chi connectivity index (χ1n) is 10.2. The molecule has 3 rings (SSSR count). The Balaban J connectivity index is 1.67. The van der Waals surface area contributed by atoms with Gasteiger partial charge in [-0.25, -0.2) is 0 Å². The van der Waals surface area contributed by atoms with Crippen molar-refractivity contribution in [3.8, 4) is 0 Å². The number of hydrogen-bond acceptors (Lipinski definition) is 4. The van der Waals surface area contributed by atoms with Crippen LogP contribution in [-0.4, -0.2) is 30.2 Å². The number of nitrogens with one attached hydrogen (secondary N) is 1. The lowest BCUT2D eigenvalue weighted by Crippen LogP contribution is -2.37. The number of amides is 1. The summed E-state index contributed by atoms with van der Waals surface area (Å²) >= 11 is 0. The van der Waals surface area contributed by atoms with Gasteiger partial charge in [-0.2, -0.15) is 0 Å². The molecule has 1 aromatic heterocycles. The van der Waals surface area contributed by atoms with Crippen molar-refractivity contribution < 1.29 is 4.79 Å². The molecular weight excluding hydrogens is 360 g/mol. The van der Waals surface area contributed by atoms with Gasteiger partial charge in [0.1, 0.15) is 6.04 Å². The maximum Gasteiger partial charge on any atom is 0.239 e. The minimum absolute atomic E-state index is 0.0264. The SMILES string of the molecule is Cc1cccc(C(NCCC2(CCc3cccnc3)C=CC=NC2)C(N)=O)c1C. The molecule has 152 valence electrons. The number of nitrogens with zero attached hydrogens (tertiary/aromatic N) is 2. The summed E-state index contributed by atoms with van der Waals surface area (Å²) in [6.07, 6.45) is 12.7. The van der Waals surface area contributed by atoms with Gasteiger partial charge < -0.3 is 11.1 Å². The van der Waals surface area contributed by atoms with Crippen molar-refractivity contribution in [3.05, 3.63) is 77.1 Å². The van der Waals surface area contributed by atoms with Gasteiger partial charge in [-0.15, -0.1) is 0 Å². The summed E-state index contributed by atoms with van der Waals surface area (Å²) in [7, 11) is 0. The highest BCUT2D eigenvalue weighted by Gasteiger charge is 2.29. The number of hydrogen-bond donors (Lipinski definition) is 2. The Labute approximate surface area is 173 Å². The number of aromatic nitrogens is 1. The van der Waals surface area contributed by atoms with E-state index in [1.165, 1.54) is 5.56 Å². The third-order valence-corrected chi connectivity index (χ3v) is 5.90. The highest BCUT2D eigenvalue weighted by atomic mass is 16.1. The van der Waals surface area contributed by atoms with Crippen LogP contribution in [0.3, 0.4) is 0 Å². The molecule has 0 radical (unpaired) electrons. The maximum absolute atomic E-state index is 12.2. The molecule has 29 heavy (non-hydrogen) atoms. The van der Waals surface area contributed by atoms with Crippen molar-refractivity contribution in [1.29, 1.82) is 0 Å². The summed E-state index contributed by atoms with van der Waals surface area (Å²) in [6, 6.07) is 9.60. The minimum atomic E-state index is -0.485. The minimum Gasteiger partial charge on any atom is -0.368 e. The molecule has 5 nitrogen and oxygen atoms in total. The average Bonchev–Trinajstić information content (AvgIpc) is 2.74. The van der Waals surface area contributed by atoms with E-state index in [0.717, 1.165) is 42.5 Å². The zero-order valence-corrected chi connectivity index (χ0v) is 17.3. The Kier molecular flexibility index (Phi) is 6.94. The van der Waals surface area contributed by atoms with Gasteiger partial charge in [-0.1, -0.05) is 30.3 Å². The van der Waals surface area contributed by atoms with Gasteiger partial charge >= 0.3 is 0 Å². The normalized spacial score (nSPS) is 19.2. The fourth-order valence-electron chi connectivity index (χ4n) is 3.90. The van der Waals surface area contributed by atoms with Gasteiger partial charge in [-0.3, -0.25) is 14.8 Å². The zero-order valence-electron chi connectivity index (χ0n) is 17.3. The van der Waals surface area contributed by atoms with E-state index < -0.39 is 6.04 Å². The summed E-state index contributed by atoms with van der Waals surface area (Å²) in [4.78, 5) is 20.9. The second-order valence-corrected chi connectivity index (χ2v) is 7.90. The van der Waals surface area contributed by atoms with Gasteiger partial charge in [0.25, 0.3) is 0 Å². The summed E-state index contributed by atoms with van der Waals surface area (Å²) in [5.74, 6) is -0.347. The second kappa shape index (κ2) is 9.61. The number of aliphatic imine (C=N–C) groups is 1. The van der Waals surface area contributed by atoms with Crippen molar-refractivity contribution >= 4 is 12.1 Å². The predicted octanol–water partition coefficient (Wildman–Crippen LogP) is 3.46. The second-order valence-electron chi connectivity index (χ2n) is 7.90. The lowest BCUT2D eigenvalue weighted by molar-refractivity contribution is -0.120. The smallest absolute Gasteiger partial charge is 0.239 e. The summed E-state index contributed by atoms with van der Waals surface area (Å²) in [6.45, 7) is 5.54. The molecule has 3 N–H and O–H groups in total. The lowest BCUT2D eigenvalue weighted by Gasteiger charge is -2.32. The molecule has 2 atom stereocenters. The number of benzene rings is 1. The Morgan fingerprint density at radius 3 is 2.79 bits per heavy atom.